The molecule has 0 saturated carbocycles. The first-order valence-electron chi connectivity index (χ1n) is 18.2. The summed E-state index contributed by atoms with van der Waals surface area (Å²) in [4.78, 5) is 2.57. The van der Waals surface area contributed by atoms with Crippen molar-refractivity contribution in [2.45, 2.75) is 19.3 Å². The van der Waals surface area contributed by atoms with E-state index in [-0.39, 0.29) is 5.41 Å². The summed E-state index contributed by atoms with van der Waals surface area (Å²) < 4.78 is 0. The van der Waals surface area contributed by atoms with Gasteiger partial charge >= 0.3 is 0 Å². The van der Waals surface area contributed by atoms with Gasteiger partial charge in [-0.2, -0.15) is 0 Å². The summed E-state index contributed by atoms with van der Waals surface area (Å²) in [7, 11) is 0. The first kappa shape index (κ1) is 30.4. The fraction of sp³-hybridized carbons (Fsp3) is 0.0588. The smallest absolute Gasteiger partial charge is 0.0624 e. The maximum absolute atomic E-state index is 2.57. The second kappa shape index (κ2) is 11.8. The molecular formula is C51H37N. The standard InChI is InChI=1S/C51H37N/c1-51(2)46-28-16-15-26-42(46)43-30-29-38(33-47(43)51)52(48-32-37-22-9-11-23-39(37)41-25-13-14-27-44(41)48)50-40-24-12-10-21-36(40)31-45(34-17-5-3-6-18-34)49(50)35-19-7-4-8-20-35/h3-33H,1-2H3. The molecule has 1 heteroatoms. The molecule has 0 spiro atoms. The molecule has 0 saturated heterocycles. The zero-order valence-electron chi connectivity index (χ0n) is 29.3. The van der Waals surface area contributed by atoms with Crippen LogP contribution in [0.25, 0.3) is 65.7 Å². The highest BCUT2D eigenvalue weighted by atomic mass is 15.1. The van der Waals surface area contributed by atoms with Gasteiger partial charge in [0.15, 0.2) is 0 Å². The molecule has 0 bridgehead atoms. The Morgan fingerprint density at radius 3 is 1.69 bits per heavy atom. The molecule has 0 heterocycles. The van der Waals surface area contributed by atoms with Crippen LogP contribution in [-0.4, -0.2) is 0 Å². The Balaban J connectivity index is 1.39. The molecule has 0 N–H and O–H groups in total. The van der Waals surface area contributed by atoms with Crippen LogP contribution in [0.5, 0.6) is 0 Å². The summed E-state index contributed by atoms with van der Waals surface area (Å²) in [5.41, 5.74) is 13.5. The molecule has 10 rings (SSSR count). The molecule has 1 aliphatic carbocycles. The van der Waals surface area contributed by atoms with E-state index in [1.165, 1.54) is 82.5 Å². The van der Waals surface area contributed by atoms with Crippen LogP contribution >= 0.6 is 0 Å². The van der Waals surface area contributed by atoms with E-state index >= 15 is 0 Å². The highest BCUT2D eigenvalue weighted by Gasteiger charge is 2.36. The number of hydrogen-bond acceptors (Lipinski definition) is 1. The quantitative estimate of drug-likeness (QED) is 0.166. The molecule has 0 atom stereocenters. The third kappa shape index (κ3) is 4.63. The maximum atomic E-state index is 2.57. The van der Waals surface area contributed by atoms with Crippen molar-refractivity contribution in [1.29, 1.82) is 0 Å². The van der Waals surface area contributed by atoms with Crippen molar-refractivity contribution >= 4 is 49.4 Å². The van der Waals surface area contributed by atoms with Crippen LogP contribution in [0, 0.1) is 0 Å². The van der Waals surface area contributed by atoms with Gasteiger partial charge in [-0.25, -0.2) is 0 Å². The van der Waals surface area contributed by atoms with E-state index in [1.54, 1.807) is 0 Å². The molecule has 52 heavy (non-hydrogen) atoms. The fourth-order valence-electron chi connectivity index (χ4n) is 8.74. The van der Waals surface area contributed by atoms with Crippen LogP contribution in [-0.2, 0) is 5.41 Å². The minimum Gasteiger partial charge on any atom is -0.309 e. The molecule has 9 aromatic rings. The van der Waals surface area contributed by atoms with Crippen LogP contribution in [0.3, 0.4) is 0 Å². The van der Waals surface area contributed by atoms with Crippen molar-refractivity contribution in [1.82, 2.24) is 0 Å². The number of rotatable bonds is 5. The lowest BCUT2D eigenvalue weighted by Gasteiger charge is -2.33. The van der Waals surface area contributed by atoms with Crippen LogP contribution < -0.4 is 4.90 Å². The largest absolute Gasteiger partial charge is 0.309 e. The molecule has 0 aromatic heterocycles. The lowest BCUT2D eigenvalue weighted by Crippen LogP contribution is -2.17. The van der Waals surface area contributed by atoms with E-state index in [0.717, 1.165) is 11.4 Å². The predicted octanol–water partition coefficient (Wildman–Crippen LogP) is 14.3. The average molecular weight is 664 g/mol. The van der Waals surface area contributed by atoms with Crippen LogP contribution in [0.4, 0.5) is 17.1 Å². The van der Waals surface area contributed by atoms with Crippen molar-refractivity contribution in [2.75, 3.05) is 4.90 Å². The number of anilines is 3. The monoisotopic (exact) mass is 663 g/mol. The Morgan fingerprint density at radius 2 is 0.942 bits per heavy atom. The Kier molecular flexibility index (Phi) is 6.91. The SMILES string of the molecule is CC1(C)c2ccccc2-c2ccc(N(c3c(-c4ccccc4)c(-c4ccccc4)cc4ccccc34)c3cc4ccccc4c4ccccc34)cc21. The van der Waals surface area contributed by atoms with Crippen molar-refractivity contribution < 1.29 is 0 Å². The second-order valence-electron chi connectivity index (χ2n) is 14.5. The van der Waals surface area contributed by atoms with Gasteiger partial charge in [-0.1, -0.05) is 178 Å². The van der Waals surface area contributed by atoms with Gasteiger partial charge in [0.25, 0.3) is 0 Å². The second-order valence-corrected chi connectivity index (χ2v) is 14.5. The maximum Gasteiger partial charge on any atom is 0.0624 e. The highest BCUT2D eigenvalue weighted by molar-refractivity contribution is 6.18. The lowest BCUT2D eigenvalue weighted by atomic mass is 9.82. The normalized spacial score (nSPS) is 13.0. The Labute approximate surface area is 305 Å². The summed E-state index contributed by atoms with van der Waals surface area (Å²) in [6, 6.07) is 69.4. The molecule has 0 fully saturated rings. The third-order valence-electron chi connectivity index (χ3n) is 11.2. The molecule has 0 radical (unpaired) electrons. The lowest BCUT2D eigenvalue weighted by molar-refractivity contribution is 0.660. The van der Waals surface area contributed by atoms with Crippen LogP contribution in [0.2, 0.25) is 0 Å². The van der Waals surface area contributed by atoms with E-state index in [0.29, 0.717) is 0 Å². The van der Waals surface area contributed by atoms with Crippen LogP contribution in [0.15, 0.2) is 188 Å². The van der Waals surface area contributed by atoms with E-state index in [9.17, 15) is 0 Å². The number of benzene rings is 9. The zero-order chi connectivity index (χ0) is 34.8. The van der Waals surface area contributed by atoms with Gasteiger partial charge in [-0.05, 0) is 84.8 Å². The molecule has 9 aromatic carbocycles. The molecule has 0 amide bonds. The van der Waals surface area contributed by atoms with Crippen LogP contribution in [0.1, 0.15) is 25.0 Å². The topological polar surface area (TPSA) is 3.24 Å². The summed E-state index contributed by atoms with van der Waals surface area (Å²) in [5.74, 6) is 0. The summed E-state index contributed by atoms with van der Waals surface area (Å²) in [6.07, 6.45) is 0. The van der Waals surface area contributed by atoms with Crippen molar-refractivity contribution in [3.63, 3.8) is 0 Å². The Hall–Kier alpha value is -6.44. The van der Waals surface area contributed by atoms with Gasteiger partial charge in [0.05, 0.1) is 11.4 Å². The molecule has 1 nitrogen and oxygen atoms in total. The Morgan fingerprint density at radius 1 is 0.385 bits per heavy atom. The predicted molar refractivity (Wildman–Crippen MR) is 222 cm³/mol. The van der Waals surface area contributed by atoms with Crippen molar-refractivity contribution in [3.05, 3.63) is 199 Å². The van der Waals surface area contributed by atoms with Gasteiger partial charge in [-0.15, -0.1) is 0 Å². The van der Waals surface area contributed by atoms with Gasteiger partial charge < -0.3 is 4.90 Å². The number of fused-ring (bicyclic) bond motifs is 7. The number of nitrogens with zero attached hydrogens (tertiary/aromatic N) is 1. The van der Waals surface area contributed by atoms with Crippen molar-refractivity contribution in [3.8, 4) is 33.4 Å². The Bertz CT molecular complexity index is 2810. The molecule has 1 aliphatic rings. The summed E-state index contributed by atoms with van der Waals surface area (Å²) in [5, 5.41) is 7.37. The van der Waals surface area contributed by atoms with E-state index in [4.69, 9.17) is 0 Å². The van der Waals surface area contributed by atoms with Gasteiger partial charge in [0.1, 0.15) is 0 Å². The number of hydrogen-bond donors (Lipinski definition) is 0. The highest BCUT2D eigenvalue weighted by Crippen LogP contribution is 2.54. The zero-order valence-corrected chi connectivity index (χ0v) is 29.3. The average Bonchev–Trinajstić information content (AvgIpc) is 3.44. The van der Waals surface area contributed by atoms with Crippen molar-refractivity contribution in [2.24, 2.45) is 0 Å². The molecular weight excluding hydrogens is 627 g/mol. The molecule has 0 aliphatic heterocycles. The van der Waals surface area contributed by atoms with Gasteiger partial charge in [-0.3, -0.25) is 0 Å². The van der Waals surface area contributed by atoms with E-state index in [1.807, 2.05) is 0 Å². The third-order valence-corrected chi connectivity index (χ3v) is 11.2. The van der Waals surface area contributed by atoms with E-state index in [2.05, 4.69) is 207 Å². The summed E-state index contributed by atoms with van der Waals surface area (Å²) >= 11 is 0. The van der Waals surface area contributed by atoms with E-state index < -0.39 is 0 Å². The molecule has 0 unspecified atom stereocenters. The first-order chi connectivity index (χ1) is 25.6. The molecule has 246 valence electrons. The fourth-order valence-corrected chi connectivity index (χ4v) is 8.74. The summed E-state index contributed by atoms with van der Waals surface area (Å²) in [6.45, 7) is 4.75. The first-order valence-corrected chi connectivity index (χ1v) is 18.2. The van der Waals surface area contributed by atoms with Gasteiger partial charge in [0, 0.05) is 27.4 Å². The van der Waals surface area contributed by atoms with Gasteiger partial charge in [0.2, 0.25) is 0 Å². The minimum atomic E-state index is -0.144. The minimum absolute atomic E-state index is 0.144.